The van der Waals surface area contributed by atoms with E-state index in [1.165, 1.54) is 9.36 Å². The number of aromatic nitrogens is 6. The lowest BCUT2D eigenvalue weighted by Crippen LogP contribution is -2.33. The highest BCUT2D eigenvalue weighted by molar-refractivity contribution is 5.80. The van der Waals surface area contributed by atoms with E-state index in [0.717, 1.165) is 11.0 Å². The van der Waals surface area contributed by atoms with Crippen LogP contribution in [-0.2, 0) is 17.9 Å². The van der Waals surface area contributed by atoms with Crippen LogP contribution >= 0.6 is 0 Å². The molecule has 0 spiro atoms. The number of fused-ring (bicyclic) bond motifs is 1. The van der Waals surface area contributed by atoms with Crippen LogP contribution in [0.3, 0.4) is 0 Å². The first-order valence-corrected chi connectivity index (χ1v) is 8.47. The van der Waals surface area contributed by atoms with Crippen LogP contribution in [0, 0.1) is 0 Å². The third-order valence-electron chi connectivity index (χ3n) is 4.13. The van der Waals surface area contributed by atoms with E-state index in [4.69, 9.17) is 0 Å². The maximum Gasteiger partial charge on any atom is 0.368 e. The van der Waals surface area contributed by atoms with Crippen molar-refractivity contribution in [1.29, 1.82) is 0 Å². The number of carbonyl (C=O) groups is 1. The Morgan fingerprint density at radius 3 is 2.63 bits per heavy atom. The van der Waals surface area contributed by atoms with Gasteiger partial charge < -0.3 is 9.88 Å². The zero-order chi connectivity index (χ0) is 18.6. The zero-order valence-corrected chi connectivity index (χ0v) is 14.4. The smallest absolute Gasteiger partial charge is 0.353 e. The zero-order valence-electron chi connectivity index (χ0n) is 14.4. The van der Waals surface area contributed by atoms with E-state index in [0.29, 0.717) is 5.69 Å². The summed E-state index contributed by atoms with van der Waals surface area (Å²) in [5, 5.41) is 10.5. The second-order valence-corrected chi connectivity index (χ2v) is 5.94. The second kappa shape index (κ2) is 7.24. The highest BCUT2D eigenvalue weighted by Crippen LogP contribution is 2.11. The van der Waals surface area contributed by atoms with Gasteiger partial charge >= 0.3 is 5.69 Å². The predicted octanol–water partition coefficient (Wildman–Crippen LogP) is 0.595. The quantitative estimate of drug-likeness (QED) is 0.541. The van der Waals surface area contributed by atoms with Gasteiger partial charge in [0, 0.05) is 6.54 Å². The van der Waals surface area contributed by atoms with Gasteiger partial charge in [-0.15, -0.1) is 0 Å². The maximum atomic E-state index is 12.3. The van der Waals surface area contributed by atoms with Gasteiger partial charge in [-0.05, 0) is 34.7 Å². The molecule has 4 rings (SSSR count). The fraction of sp³-hybridized carbons (Fsp3) is 0.167. The lowest BCUT2D eigenvalue weighted by atomic mass is 10.3. The van der Waals surface area contributed by atoms with E-state index in [1.807, 2.05) is 42.5 Å². The van der Waals surface area contributed by atoms with Gasteiger partial charge in [0.25, 0.3) is 0 Å². The third kappa shape index (κ3) is 3.47. The summed E-state index contributed by atoms with van der Waals surface area (Å²) in [7, 11) is 0. The number of hydrogen-bond donors (Lipinski definition) is 1. The fourth-order valence-electron chi connectivity index (χ4n) is 2.79. The van der Waals surface area contributed by atoms with Crippen LogP contribution < -0.4 is 11.0 Å². The predicted molar refractivity (Wildman–Crippen MR) is 98.4 cm³/mol. The van der Waals surface area contributed by atoms with Gasteiger partial charge in [-0.2, -0.15) is 9.36 Å². The summed E-state index contributed by atoms with van der Waals surface area (Å²) in [6.07, 6.45) is 1.64. The van der Waals surface area contributed by atoms with Crippen LogP contribution in [-0.4, -0.2) is 41.8 Å². The molecule has 0 saturated carbocycles. The number of benzene rings is 2. The van der Waals surface area contributed by atoms with Crippen molar-refractivity contribution < 1.29 is 4.79 Å². The van der Waals surface area contributed by atoms with Crippen molar-refractivity contribution in [3.05, 3.63) is 71.4 Å². The first-order chi connectivity index (χ1) is 13.2. The molecule has 9 nitrogen and oxygen atoms in total. The Kier molecular flexibility index (Phi) is 4.48. The Labute approximate surface area is 153 Å². The van der Waals surface area contributed by atoms with Gasteiger partial charge in [0.15, 0.2) is 0 Å². The van der Waals surface area contributed by atoms with Crippen LogP contribution in [0.2, 0.25) is 0 Å². The highest BCUT2D eigenvalue weighted by Gasteiger charge is 2.10. The van der Waals surface area contributed by atoms with E-state index in [2.05, 4.69) is 20.7 Å². The summed E-state index contributed by atoms with van der Waals surface area (Å²) < 4.78 is 4.22. The first kappa shape index (κ1) is 16.7. The molecule has 9 heteroatoms. The molecule has 0 fully saturated rings. The standard InChI is InChI=1S/C18H17N7O2/c26-17(12-23-13-20-15-8-4-5-9-16(15)23)19-10-11-24-18(27)25(22-21-24)14-6-2-1-3-7-14/h1-9,13H,10-12H2,(H,19,26). The van der Waals surface area contributed by atoms with E-state index in [9.17, 15) is 9.59 Å². The molecular weight excluding hydrogens is 346 g/mol. The summed E-state index contributed by atoms with van der Waals surface area (Å²) in [6, 6.07) is 16.7. The van der Waals surface area contributed by atoms with Gasteiger partial charge in [0.1, 0.15) is 6.54 Å². The van der Waals surface area contributed by atoms with Crippen LogP contribution in [0.15, 0.2) is 65.7 Å². The summed E-state index contributed by atoms with van der Waals surface area (Å²) in [5.74, 6) is -0.165. The summed E-state index contributed by atoms with van der Waals surface area (Å²) in [4.78, 5) is 28.8. The molecule has 0 unspecified atom stereocenters. The molecule has 0 radical (unpaired) electrons. The van der Waals surface area contributed by atoms with Gasteiger partial charge in [0.05, 0.1) is 29.6 Å². The Morgan fingerprint density at radius 1 is 1.00 bits per heavy atom. The number of hydrogen-bond acceptors (Lipinski definition) is 5. The molecule has 2 aromatic heterocycles. The van der Waals surface area contributed by atoms with Crippen LogP contribution in [0.4, 0.5) is 0 Å². The van der Waals surface area contributed by atoms with Crippen molar-refractivity contribution >= 4 is 16.9 Å². The summed E-state index contributed by atoms with van der Waals surface area (Å²) >= 11 is 0. The van der Waals surface area contributed by atoms with Crippen molar-refractivity contribution in [1.82, 2.24) is 34.7 Å². The topological polar surface area (TPSA) is 99.6 Å². The monoisotopic (exact) mass is 363 g/mol. The van der Waals surface area contributed by atoms with Crippen molar-refractivity contribution in [3.8, 4) is 5.69 Å². The van der Waals surface area contributed by atoms with Crippen molar-refractivity contribution in [2.24, 2.45) is 0 Å². The maximum absolute atomic E-state index is 12.3. The minimum Gasteiger partial charge on any atom is -0.353 e. The normalized spacial score (nSPS) is 11.0. The third-order valence-corrected chi connectivity index (χ3v) is 4.13. The average molecular weight is 363 g/mol. The minimum absolute atomic E-state index is 0.159. The number of para-hydroxylation sites is 3. The lowest BCUT2D eigenvalue weighted by Gasteiger charge is -2.06. The van der Waals surface area contributed by atoms with Gasteiger partial charge in [-0.25, -0.2) is 9.78 Å². The molecule has 1 N–H and O–H groups in total. The Morgan fingerprint density at radius 2 is 1.78 bits per heavy atom. The molecule has 2 heterocycles. The molecule has 0 saturated heterocycles. The molecule has 136 valence electrons. The average Bonchev–Trinajstić information content (AvgIpc) is 3.27. The lowest BCUT2D eigenvalue weighted by molar-refractivity contribution is -0.121. The molecule has 0 aliphatic rings. The fourth-order valence-corrected chi connectivity index (χ4v) is 2.79. The second-order valence-electron chi connectivity index (χ2n) is 5.94. The first-order valence-electron chi connectivity index (χ1n) is 8.47. The largest absolute Gasteiger partial charge is 0.368 e. The molecule has 0 aliphatic heterocycles. The highest BCUT2D eigenvalue weighted by atomic mass is 16.2. The summed E-state index contributed by atoms with van der Waals surface area (Å²) in [6.45, 7) is 0.674. The number of nitrogens with zero attached hydrogens (tertiary/aromatic N) is 6. The molecule has 0 bridgehead atoms. The molecular formula is C18H17N7O2. The number of carbonyl (C=O) groups excluding carboxylic acids is 1. The minimum atomic E-state index is -0.351. The van der Waals surface area contributed by atoms with E-state index < -0.39 is 0 Å². The Bertz CT molecular complexity index is 1130. The van der Waals surface area contributed by atoms with E-state index in [1.54, 1.807) is 23.0 Å². The molecule has 2 aromatic carbocycles. The molecule has 4 aromatic rings. The number of tetrazole rings is 1. The SMILES string of the molecule is O=C(Cn1cnc2ccccc21)NCCn1nnn(-c2ccccc2)c1=O. The number of nitrogens with one attached hydrogen (secondary N) is 1. The van der Waals surface area contributed by atoms with Crippen molar-refractivity contribution in [3.63, 3.8) is 0 Å². The van der Waals surface area contributed by atoms with Crippen LogP contribution in [0.1, 0.15) is 0 Å². The molecule has 1 amide bonds. The summed E-state index contributed by atoms with van der Waals surface area (Å²) in [5.41, 5.74) is 2.03. The number of imidazole rings is 1. The van der Waals surface area contributed by atoms with Gasteiger partial charge in [-0.1, -0.05) is 30.3 Å². The van der Waals surface area contributed by atoms with Crippen molar-refractivity contribution in [2.75, 3.05) is 6.54 Å². The van der Waals surface area contributed by atoms with Gasteiger partial charge in [0.2, 0.25) is 5.91 Å². The Hall–Kier alpha value is -3.75. The number of rotatable bonds is 6. The van der Waals surface area contributed by atoms with Crippen LogP contribution in [0.25, 0.3) is 16.7 Å². The Balaban J connectivity index is 1.35. The van der Waals surface area contributed by atoms with Crippen molar-refractivity contribution in [2.45, 2.75) is 13.1 Å². The van der Waals surface area contributed by atoms with Crippen LogP contribution in [0.5, 0.6) is 0 Å². The van der Waals surface area contributed by atoms with E-state index in [-0.39, 0.29) is 31.2 Å². The molecule has 27 heavy (non-hydrogen) atoms. The van der Waals surface area contributed by atoms with E-state index >= 15 is 0 Å². The molecule has 0 atom stereocenters. The van der Waals surface area contributed by atoms with Gasteiger partial charge in [-0.3, -0.25) is 4.79 Å². The number of amides is 1. The molecule has 0 aliphatic carbocycles.